The molecule has 1 aliphatic carbocycles. The van der Waals surface area contributed by atoms with Crippen molar-refractivity contribution in [1.29, 1.82) is 0 Å². The Hall–Kier alpha value is -1.77. The molecule has 3 heteroatoms. The minimum Gasteiger partial charge on any atom is -0.399 e. The van der Waals surface area contributed by atoms with E-state index in [9.17, 15) is 0 Å². The van der Waals surface area contributed by atoms with Crippen molar-refractivity contribution in [3.63, 3.8) is 0 Å². The first-order valence-corrected chi connectivity index (χ1v) is 6.13. The van der Waals surface area contributed by atoms with Gasteiger partial charge in [0, 0.05) is 24.2 Å². The van der Waals surface area contributed by atoms with Crippen LogP contribution in [0, 0.1) is 0 Å². The average molecular weight is 227 g/mol. The Morgan fingerprint density at radius 3 is 2.76 bits per heavy atom. The fourth-order valence-electron chi connectivity index (χ4n) is 2.29. The van der Waals surface area contributed by atoms with Gasteiger partial charge in [-0.15, -0.1) is 0 Å². The van der Waals surface area contributed by atoms with Crippen molar-refractivity contribution in [2.75, 3.05) is 17.7 Å². The molecule has 1 aromatic heterocycles. The molecule has 0 unspecified atom stereocenters. The van der Waals surface area contributed by atoms with Crippen LogP contribution >= 0.6 is 0 Å². The minimum atomic E-state index is 0.675. The predicted molar refractivity (Wildman–Crippen MR) is 72.2 cm³/mol. The van der Waals surface area contributed by atoms with Crippen LogP contribution in [-0.2, 0) is 0 Å². The van der Waals surface area contributed by atoms with Gasteiger partial charge in [-0.25, -0.2) is 4.98 Å². The molecule has 0 bridgehead atoms. The molecule has 2 N–H and O–H groups in total. The number of nitrogens with two attached hydrogens (primary N) is 1. The molecule has 0 saturated heterocycles. The van der Waals surface area contributed by atoms with Crippen molar-refractivity contribution in [3.05, 3.63) is 30.3 Å². The lowest BCUT2D eigenvalue weighted by molar-refractivity contribution is 0.399. The fourth-order valence-corrected chi connectivity index (χ4v) is 2.29. The minimum absolute atomic E-state index is 0.675. The Morgan fingerprint density at radius 1 is 1.24 bits per heavy atom. The number of nitrogens with zero attached hydrogens (tertiary/aromatic N) is 2. The number of rotatable bonds is 2. The predicted octanol–water partition coefficient (Wildman–Crippen LogP) is 2.81. The molecule has 0 radical (unpaired) electrons. The van der Waals surface area contributed by atoms with Crippen molar-refractivity contribution < 1.29 is 0 Å². The van der Waals surface area contributed by atoms with E-state index in [4.69, 9.17) is 5.73 Å². The first kappa shape index (κ1) is 10.4. The molecule has 0 spiro atoms. The summed E-state index contributed by atoms with van der Waals surface area (Å²) in [6.45, 7) is 0. The first-order chi connectivity index (χ1) is 8.24. The van der Waals surface area contributed by atoms with E-state index >= 15 is 0 Å². The van der Waals surface area contributed by atoms with Gasteiger partial charge in [-0.1, -0.05) is 0 Å². The molecule has 1 saturated carbocycles. The van der Waals surface area contributed by atoms with Gasteiger partial charge in [0.15, 0.2) is 0 Å². The van der Waals surface area contributed by atoms with Crippen LogP contribution < -0.4 is 10.6 Å². The number of hydrogen-bond acceptors (Lipinski definition) is 3. The van der Waals surface area contributed by atoms with E-state index in [0.717, 1.165) is 22.4 Å². The smallest absolute Gasteiger partial charge is 0.129 e. The van der Waals surface area contributed by atoms with Crippen molar-refractivity contribution in [2.45, 2.75) is 25.3 Å². The third-order valence-corrected chi connectivity index (χ3v) is 3.68. The van der Waals surface area contributed by atoms with Crippen LogP contribution in [0.15, 0.2) is 30.3 Å². The van der Waals surface area contributed by atoms with Gasteiger partial charge >= 0.3 is 0 Å². The normalized spacial score (nSPS) is 15.8. The van der Waals surface area contributed by atoms with Crippen LogP contribution in [0.1, 0.15) is 19.3 Å². The molecule has 0 aliphatic heterocycles. The molecule has 2 aromatic rings. The van der Waals surface area contributed by atoms with Gasteiger partial charge in [-0.2, -0.15) is 0 Å². The number of benzene rings is 1. The molecule has 1 fully saturated rings. The molecule has 88 valence electrons. The van der Waals surface area contributed by atoms with Crippen molar-refractivity contribution in [1.82, 2.24) is 4.98 Å². The highest BCUT2D eigenvalue weighted by atomic mass is 15.2. The van der Waals surface area contributed by atoms with E-state index in [1.165, 1.54) is 19.3 Å². The van der Waals surface area contributed by atoms with Gasteiger partial charge in [0.05, 0.1) is 5.52 Å². The van der Waals surface area contributed by atoms with Gasteiger partial charge < -0.3 is 10.6 Å². The third kappa shape index (κ3) is 1.82. The summed E-state index contributed by atoms with van der Waals surface area (Å²) in [5.41, 5.74) is 7.57. The van der Waals surface area contributed by atoms with E-state index in [0.29, 0.717) is 6.04 Å². The van der Waals surface area contributed by atoms with E-state index in [1.807, 2.05) is 18.2 Å². The van der Waals surface area contributed by atoms with Gasteiger partial charge in [0.2, 0.25) is 0 Å². The summed E-state index contributed by atoms with van der Waals surface area (Å²) in [6, 6.07) is 10.7. The molecule has 1 heterocycles. The SMILES string of the molecule is CN(c1ccc2cc(N)ccc2n1)C1CCC1. The molecular formula is C14H17N3. The van der Waals surface area contributed by atoms with Gasteiger partial charge in [-0.05, 0) is 49.6 Å². The summed E-state index contributed by atoms with van der Waals surface area (Å²) in [6.07, 6.45) is 3.93. The third-order valence-electron chi connectivity index (χ3n) is 3.68. The lowest BCUT2D eigenvalue weighted by Gasteiger charge is -2.35. The first-order valence-electron chi connectivity index (χ1n) is 6.13. The van der Waals surface area contributed by atoms with Crippen molar-refractivity contribution >= 4 is 22.4 Å². The largest absolute Gasteiger partial charge is 0.399 e. The number of hydrogen-bond donors (Lipinski definition) is 1. The Bertz CT molecular complexity index is 546. The quantitative estimate of drug-likeness (QED) is 0.802. The topological polar surface area (TPSA) is 42.1 Å². The Balaban J connectivity index is 1.98. The highest BCUT2D eigenvalue weighted by Crippen LogP contribution is 2.28. The summed E-state index contributed by atoms with van der Waals surface area (Å²) < 4.78 is 0. The van der Waals surface area contributed by atoms with Crippen LogP contribution in [-0.4, -0.2) is 18.1 Å². The highest BCUT2D eigenvalue weighted by molar-refractivity contribution is 5.83. The summed E-state index contributed by atoms with van der Waals surface area (Å²) in [5, 5.41) is 1.11. The second-order valence-electron chi connectivity index (χ2n) is 4.82. The van der Waals surface area contributed by atoms with E-state index in [2.05, 4.69) is 29.1 Å². The number of nitrogen functional groups attached to an aromatic ring is 1. The molecule has 3 nitrogen and oxygen atoms in total. The number of pyridine rings is 1. The summed E-state index contributed by atoms with van der Waals surface area (Å²) >= 11 is 0. The van der Waals surface area contributed by atoms with Gasteiger partial charge in [0.1, 0.15) is 5.82 Å². The maximum Gasteiger partial charge on any atom is 0.129 e. The second kappa shape index (κ2) is 3.91. The maximum absolute atomic E-state index is 5.76. The molecular weight excluding hydrogens is 210 g/mol. The van der Waals surface area contributed by atoms with Crippen LogP contribution in [0.3, 0.4) is 0 Å². The zero-order valence-electron chi connectivity index (χ0n) is 10.1. The standard InChI is InChI=1S/C14H17N3/c1-17(12-3-2-4-12)14-8-5-10-9-11(15)6-7-13(10)16-14/h5-9,12H,2-4,15H2,1H3. The zero-order chi connectivity index (χ0) is 11.8. The number of fused-ring (bicyclic) bond motifs is 1. The Kier molecular flexibility index (Phi) is 2.39. The Morgan fingerprint density at radius 2 is 2.06 bits per heavy atom. The fraction of sp³-hybridized carbons (Fsp3) is 0.357. The van der Waals surface area contributed by atoms with Crippen molar-refractivity contribution in [2.24, 2.45) is 0 Å². The highest BCUT2D eigenvalue weighted by Gasteiger charge is 2.22. The van der Waals surface area contributed by atoms with E-state index in [-0.39, 0.29) is 0 Å². The summed E-state index contributed by atoms with van der Waals surface area (Å²) in [5.74, 6) is 1.06. The monoisotopic (exact) mass is 227 g/mol. The van der Waals surface area contributed by atoms with Gasteiger partial charge in [-0.3, -0.25) is 0 Å². The van der Waals surface area contributed by atoms with Crippen molar-refractivity contribution in [3.8, 4) is 0 Å². The summed E-state index contributed by atoms with van der Waals surface area (Å²) in [4.78, 5) is 6.98. The van der Waals surface area contributed by atoms with Crippen LogP contribution in [0.2, 0.25) is 0 Å². The molecule has 0 amide bonds. The molecule has 3 rings (SSSR count). The second-order valence-corrected chi connectivity index (χ2v) is 4.82. The number of aromatic nitrogens is 1. The van der Waals surface area contributed by atoms with Gasteiger partial charge in [0.25, 0.3) is 0 Å². The van der Waals surface area contributed by atoms with Crippen LogP contribution in [0.4, 0.5) is 11.5 Å². The maximum atomic E-state index is 5.76. The molecule has 0 atom stereocenters. The summed E-state index contributed by atoms with van der Waals surface area (Å²) in [7, 11) is 2.13. The molecule has 1 aromatic carbocycles. The molecule has 1 aliphatic rings. The average Bonchev–Trinajstić information content (AvgIpc) is 2.26. The molecule has 17 heavy (non-hydrogen) atoms. The van der Waals surface area contributed by atoms with E-state index in [1.54, 1.807) is 0 Å². The lowest BCUT2D eigenvalue weighted by Crippen LogP contribution is -2.37. The zero-order valence-corrected chi connectivity index (χ0v) is 10.1. The lowest BCUT2D eigenvalue weighted by atomic mass is 9.92. The van der Waals surface area contributed by atoms with Crippen LogP contribution in [0.5, 0.6) is 0 Å². The number of anilines is 2. The van der Waals surface area contributed by atoms with Crippen LogP contribution in [0.25, 0.3) is 10.9 Å². The van der Waals surface area contributed by atoms with E-state index < -0.39 is 0 Å². The Labute approximate surface area is 101 Å².